The van der Waals surface area contributed by atoms with Gasteiger partial charge in [-0.15, -0.1) is 13.2 Å². The number of piperidine rings is 1. The molecule has 134 valence electrons. The highest BCUT2D eigenvalue weighted by Crippen LogP contribution is 2.32. The van der Waals surface area contributed by atoms with E-state index in [2.05, 4.69) is 9.84 Å². The van der Waals surface area contributed by atoms with E-state index in [-0.39, 0.29) is 17.5 Å². The van der Waals surface area contributed by atoms with E-state index >= 15 is 0 Å². The third-order valence-electron chi connectivity index (χ3n) is 4.19. The maximum absolute atomic E-state index is 12.9. The molecule has 3 rings (SSSR count). The Morgan fingerprint density at radius 1 is 1.32 bits per heavy atom. The number of aromatic nitrogens is 2. The molecule has 2 aromatic rings. The van der Waals surface area contributed by atoms with Crippen LogP contribution >= 0.6 is 0 Å². The van der Waals surface area contributed by atoms with Gasteiger partial charge >= 0.3 is 6.36 Å². The lowest BCUT2D eigenvalue weighted by molar-refractivity contribution is -0.274. The van der Waals surface area contributed by atoms with Gasteiger partial charge in [0.05, 0.1) is 12.2 Å². The van der Waals surface area contributed by atoms with Gasteiger partial charge in [0.15, 0.2) is 0 Å². The Morgan fingerprint density at radius 3 is 2.80 bits per heavy atom. The lowest BCUT2D eigenvalue weighted by Crippen LogP contribution is -2.38. The molecule has 0 radical (unpaired) electrons. The maximum atomic E-state index is 12.9. The largest absolute Gasteiger partial charge is 0.573 e. The summed E-state index contributed by atoms with van der Waals surface area (Å²) in [5.74, 6) is -0.700. The van der Waals surface area contributed by atoms with Crippen LogP contribution < -0.4 is 4.74 Å². The van der Waals surface area contributed by atoms with Crippen molar-refractivity contribution in [1.29, 1.82) is 0 Å². The molecule has 5 nitrogen and oxygen atoms in total. The number of amides is 1. The number of ether oxygens (including phenoxy) is 1. The molecule has 25 heavy (non-hydrogen) atoms. The number of carbonyl (C=O) groups excluding carboxylic acids is 1. The average Bonchev–Trinajstić information content (AvgIpc) is 2.99. The van der Waals surface area contributed by atoms with Crippen molar-refractivity contribution in [3.63, 3.8) is 0 Å². The van der Waals surface area contributed by atoms with Crippen LogP contribution in [0.15, 0.2) is 36.7 Å². The molecule has 1 aliphatic heterocycles. The number of hydrogen-bond donors (Lipinski definition) is 0. The molecule has 2 heterocycles. The Labute approximate surface area is 143 Å². The van der Waals surface area contributed by atoms with E-state index in [1.54, 1.807) is 22.8 Å². The summed E-state index contributed by atoms with van der Waals surface area (Å²) >= 11 is 0. The first kappa shape index (κ1) is 17.3. The van der Waals surface area contributed by atoms with Gasteiger partial charge < -0.3 is 9.64 Å². The average molecular weight is 353 g/mol. The molecule has 1 aliphatic rings. The van der Waals surface area contributed by atoms with E-state index in [9.17, 15) is 18.0 Å². The van der Waals surface area contributed by atoms with Crippen LogP contribution in [0.4, 0.5) is 13.2 Å². The number of alkyl halides is 3. The quantitative estimate of drug-likeness (QED) is 0.846. The first-order valence-corrected chi connectivity index (χ1v) is 7.99. The number of likely N-dealkylation sites (tertiary alicyclic amines) is 1. The highest BCUT2D eigenvalue weighted by atomic mass is 19.4. The zero-order valence-corrected chi connectivity index (χ0v) is 13.7. The van der Waals surface area contributed by atoms with Crippen molar-refractivity contribution in [1.82, 2.24) is 14.7 Å². The fourth-order valence-corrected chi connectivity index (χ4v) is 3.13. The van der Waals surface area contributed by atoms with Crippen molar-refractivity contribution in [2.45, 2.75) is 31.7 Å². The Morgan fingerprint density at radius 2 is 2.12 bits per heavy atom. The molecule has 0 bridgehead atoms. The standard InChI is InChI=1S/C17H18F3N3O2/c1-22-11-13(10-21-22)15-7-2-3-8-23(15)16(24)12-5-4-6-14(9-12)25-17(18,19)20/h4-6,9-11,15H,2-3,7-8H2,1H3. The number of rotatable bonds is 3. The first-order valence-electron chi connectivity index (χ1n) is 7.99. The highest BCUT2D eigenvalue weighted by Gasteiger charge is 2.32. The van der Waals surface area contributed by atoms with Crippen LogP contribution in [-0.4, -0.2) is 33.5 Å². The summed E-state index contributed by atoms with van der Waals surface area (Å²) in [6.07, 6.45) is 1.45. The van der Waals surface area contributed by atoms with Gasteiger partial charge in [-0.25, -0.2) is 0 Å². The Hall–Kier alpha value is -2.51. The zero-order valence-electron chi connectivity index (χ0n) is 13.7. The van der Waals surface area contributed by atoms with Crippen LogP contribution in [0.1, 0.15) is 41.2 Å². The highest BCUT2D eigenvalue weighted by molar-refractivity contribution is 5.95. The summed E-state index contributed by atoms with van der Waals surface area (Å²) in [6.45, 7) is 0.558. The number of hydrogen-bond acceptors (Lipinski definition) is 3. The molecule has 1 fully saturated rings. The molecule has 1 aromatic heterocycles. The molecular weight excluding hydrogens is 335 g/mol. The van der Waals surface area contributed by atoms with E-state index in [1.807, 2.05) is 6.20 Å². The second-order valence-electron chi connectivity index (χ2n) is 6.03. The number of benzene rings is 1. The van der Waals surface area contributed by atoms with Crippen LogP contribution in [0, 0.1) is 0 Å². The molecule has 0 spiro atoms. The summed E-state index contributed by atoms with van der Waals surface area (Å²) in [7, 11) is 1.80. The second-order valence-corrected chi connectivity index (χ2v) is 6.03. The Bertz CT molecular complexity index is 758. The molecule has 1 aromatic carbocycles. The normalized spacial score (nSPS) is 18.2. The number of nitrogens with zero attached hydrogens (tertiary/aromatic N) is 3. The van der Waals surface area contributed by atoms with Crippen molar-refractivity contribution in [2.75, 3.05) is 6.54 Å². The summed E-state index contributed by atoms with van der Waals surface area (Å²) in [6, 6.07) is 5.07. The smallest absolute Gasteiger partial charge is 0.406 e. The van der Waals surface area contributed by atoms with Crippen molar-refractivity contribution in [3.8, 4) is 5.75 Å². The molecule has 1 amide bonds. The molecule has 1 atom stereocenters. The molecule has 0 N–H and O–H groups in total. The van der Waals surface area contributed by atoms with Crippen molar-refractivity contribution in [3.05, 3.63) is 47.8 Å². The van der Waals surface area contributed by atoms with Gasteiger partial charge in [-0.2, -0.15) is 5.10 Å². The monoisotopic (exact) mass is 353 g/mol. The fraction of sp³-hybridized carbons (Fsp3) is 0.412. The second kappa shape index (κ2) is 6.78. The minimum Gasteiger partial charge on any atom is -0.406 e. The molecule has 0 aliphatic carbocycles. The Kier molecular flexibility index (Phi) is 4.69. The maximum Gasteiger partial charge on any atom is 0.573 e. The van der Waals surface area contributed by atoms with Gasteiger partial charge in [0, 0.05) is 30.9 Å². The van der Waals surface area contributed by atoms with E-state index in [0.717, 1.165) is 30.9 Å². The molecule has 8 heteroatoms. The van der Waals surface area contributed by atoms with Crippen molar-refractivity contribution in [2.24, 2.45) is 7.05 Å². The number of aryl methyl sites for hydroxylation is 1. The third kappa shape index (κ3) is 4.12. The van der Waals surface area contributed by atoms with Crippen molar-refractivity contribution >= 4 is 5.91 Å². The van der Waals surface area contributed by atoms with E-state index < -0.39 is 12.1 Å². The fourth-order valence-electron chi connectivity index (χ4n) is 3.13. The van der Waals surface area contributed by atoms with E-state index in [4.69, 9.17) is 0 Å². The number of carbonyl (C=O) groups is 1. The van der Waals surface area contributed by atoms with E-state index in [1.165, 1.54) is 18.2 Å². The van der Waals surface area contributed by atoms with Gasteiger partial charge in [-0.05, 0) is 37.5 Å². The van der Waals surface area contributed by atoms with Gasteiger partial charge in [-0.3, -0.25) is 9.48 Å². The predicted octanol–water partition coefficient (Wildman–Crippen LogP) is 3.69. The van der Waals surface area contributed by atoms with Crippen LogP contribution in [0.2, 0.25) is 0 Å². The molecular formula is C17H18F3N3O2. The van der Waals surface area contributed by atoms with E-state index in [0.29, 0.717) is 6.54 Å². The Balaban J connectivity index is 1.84. The molecule has 0 saturated carbocycles. The summed E-state index contributed by atoms with van der Waals surface area (Å²) in [4.78, 5) is 14.6. The van der Waals surface area contributed by atoms with Crippen LogP contribution in [-0.2, 0) is 7.05 Å². The van der Waals surface area contributed by atoms with Crippen molar-refractivity contribution < 1.29 is 22.7 Å². The minimum atomic E-state index is -4.79. The minimum absolute atomic E-state index is 0.123. The third-order valence-corrected chi connectivity index (χ3v) is 4.19. The van der Waals surface area contributed by atoms with Gasteiger partial charge in [0.1, 0.15) is 5.75 Å². The topological polar surface area (TPSA) is 47.4 Å². The predicted molar refractivity (Wildman–Crippen MR) is 84.0 cm³/mol. The van der Waals surface area contributed by atoms with Crippen LogP contribution in [0.3, 0.4) is 0 Å². The lowest BCUT2D eigenvalue weighted by Gasteiger charge is -2.35. The molecule has 1 saturated heterocycles. The summed E-state index contributed by atoms with van der Waals surface area (Å²) in [5.41, 5.74) is 1.11. The lowest BCUT2D eigenvalue weighted by atomic mass is 9.96. The number of halogens is 3. The van der Waals surface area contributed by atoms with Gasteiger partial charge in [0.25, 0.3) is 5.91 Å². The summed E-state index contributed by atoms with van der Waals surface area (Å²) in [5, 5.41) is 4.15. The SMILES string of the molecule is Cn1cc(C2CCCCN2C(=O)c2cccc(OC(F)(F)F)c2)cn1. The van der Waals surface area contributed by atoms with Crippen LogP contribution in [0.25, 0.3) is 0 Å². The zero-order chi connectivity index (χ0) is 18.0. The van der Waals surface area contributed by atoms with Crippen LogP contribution in [0.5, 0.6) is 5.75 Å². The van der Waals surface area contributed by atoms with Gasteiger partial charge in [0.2, 0.25) is 0 Å². The first-order chi connectivity index (χ1) is 11.8. The molecule has 1 unspecified atom stereocenters. The van der Waals surface area contributed by atoms with Gasteiger partial charge in [-0.1, -0.05) is 6.07 Å². The summed E-state index contributed by atoms with van der Waals surface area (Å²) < 4.78 is 42.7.